The molecule has 1 aliphatic carbocycles. The van der Waals surface area contributed by atoms with E-state index >= 15 is 0 Å². The number of nitrogens with one attached hydrogen (secondary N) is 1. The number of aromatic nitrogens is 2. The van der Waals surface area contributed by atoms with Gasteiger partial charge in [-0.1, -0.05) is 44.4 Å². The molecule has 6 nitrogen and oxygen atoms in total. The fourth-order valence-electron chi connectivity index (χ4n) is 4.35. The molecule has 0 radical (unpaired) electrons. The number of aliphatic hydroxyl groups excluding tert-OH is 2. The smallest absolute Gasteiger partial charge is 0.166 e. The summed E-state index contributed by atoms with van der Waals surface area (Å²) < 4.78 is 5.77. The number of nitrogens with zero attached hydrogens (tertiary/aromatic N) is 2. The van der Waals surface area contributed by atoms with Crippen molar-refractivity contribution in [2.75, 3.05) is 13.2 Å². The van der Waals surface area contributed by atoms with Gasteiger partial charge in [0, 0.05) is 30.5 Å². The monoisotopic (exact) mass is 413 g/mol. The molecule has 30 heavy (non-hydrogen) atoms. The van der Waals surface area contributed by atoms with Crippen LogP contribution < -0.4 is 10.1 Å². The van der Waals surface area contributed by atoms with E-state index in [2.05, 4.69) is 22.2 Å². The van der Waals surface area contributed by atoms with Gasteiger partial charge in [-0.3, -0.25) is 0 Å². The van der Waals surface area contributed by atoms with Crippen molar-refractivity contribution >= 4 is 0 Å². The van der Waals surface area contributed by atoms with Crippen molar-refractivity contribution in [1.29, 1.82) is 0 Å². The van der Waals surface area contributed by atoms with E-state index in [0.29, 0.717) is 25.3 Å². The van der Waals surface area contributed by atoms with Crippen LogP contribution in [-0.2, 0) is 13.0 Å². The van der Waals surface area contributed by atoms with E-state index in [1.807, 2.05) is 36.4 Å². The van der Waals surface area contributed by atoms with Gasteiger partial charge < -0.3 is 20.3 Å². The molecule has 3 rings (SSSR count). The maximum atomic E-state index is 10.5. The minimum atomic E-state index is -0.476. The Hall–Kier alpha value is -2.02. The Balaban J connectivity index is 1.59. The van der Waals surface area contributed by atoms with E-state index < -0.39 is 6.10 Å². The molecule has 1 aromatic carbocycles. The number of para-hydroxylation sites is 1. The standard InChI is InChI=1S/C24H35N3O3/c1-2-3-4-8-12-25-22-15-23(29)21(16-28)20(22)14-18-11-13-26-24(27-18)17-30-19-9-6-5-7-10-19/h5-7,9-11,13,20-23,25,28-29H,2-4,8,12,14-17H2,1H3. The van der Waals surface area contributed by atoms with E-state index in [-0.39, 0.29) is 24.5 Å². The minimum Gasteiger partial charge on any atom is -0.486 e. The third-order valence-corrected chi connectivity index (χ3v) is 6.02. The fraction of sp³-hybridized carbons (Fsp3) is 0.583. The molecular weight excluding hydrogens is 378 g/mol. The summed E-state index contributed by atoms with van der Waals surface area (Å²) in [4.78, 5) is 9.00. The summed E-state index contributed by atoms with van der Waals surface area (Å²) >= 11 is 0. The molecule has 4 unspecified atom stereocenters. The van der Waals surface area contributed by atoms with Crippen LogP contribution in [0.4, 0.5) is 0 Å². The minimum absolute atomic E-state index is 0.00505. The second kappa shape index (κ2) is 12.0. The van der Waals surface area contributed by atoms with E-state index in [0.717, 1.165) is 24.4 Å². The van der Waals surface area contributed by atoms with Crippen LogP contribution >= 0.6 is 0 Å². The van der Waals surface area contributed by atoms with Crippen molar-refractivity contribution in [3.63, 3.8) is 0 Å². The maximum absolute atomic E-state index is 10.5. The van der Waals surface area contributed by atoms with Gasteiger partial charge in [-0.15, -0.1) is 0 Å². The highest BCUT2D eigenvalue weighted by Crippen LogP contribution is 2.34. The summed E-state index contributed by atoms with van der Waals surface area (Å²) in [6.45, 7) is 3.47. The molecule has 0 spiro atoms. The van der Waals surface area contributed by atoms with Gasteiger partial charge in [-0.05, 0) is 49.9 Å². The first-order valence-electron chi connectivity index (χ1n) is 11.2. The average Bonchev–Trinajstić information content (AvgIpc) is 3.07. The number of rotatable bonds is 12. The molecule has 2 aromatic rings. The van der Waals surface area contributed by atoms with Crippen LogP contribution in [0.2, 0.25) is 0 Å². The molecule has 1 fully saturated rings. The number of aliphatic hydroxyl groups is 2. The van der Waals surface area contributed by atoms with Gasteiger partial charge in [0.05, 0.1) is 6.10 Å². The highest BCUT2D eigenvalue weighted by atomic mass is 16.5. The summed E-state index contributed by atoms with van der Waals surface area (Å²) in [7, 11) is 0. The second-order valence-corrected chi connectivity index (χ2v) is 8.20. The van der Waals surface area contributed by atoms with E-state index in [1.54, 1.807) is 6.20 Å². The third kappa shape index (κ3) is 6.49. The second-order valence-electron chi connectivity index (χ2n) is 8.20. The van der Waals surface area contributed by atoms with Gasteiger partial charge in [0.15, 0.2) is 5.82 Å². The highest BCUT2D eigenvalue weighted by molar-refractivity contribution is 5.21. The number of unbranched alkanes of at least 4 members (excludes halogenated alkanes) is 3. The number of benzene rings is 1. The van der Waals surface area contributed by atoms with Crippen molar-refractivity contribution in [2.45, 2.75) is 64.2 Å². The first kappa shape index (κ1) is 22.7. The molecule has 4 atom stereocenters. The van der Waals surface area contributed by atoms with Crippen LogP contribution in [-0.4, -0.2) is 45.5 Å². The Kier molecular flexibility index (Phi) is 9.05. The van der Waals surface area contributed by atoms with Crippen molar-refractivity contribution in [2.24, 2.45) is 11.8 Å². The zero-order chi connectivity index (χ0) is 21.2. The summed E-state index contributed by atoms with van der Waals surface area (Å²) in [5.74, 6) is 1.45. The molecule has 164 valence electrons. The van der Waals surface area contributed by atoms with Gasteiger partial charge in [-0.2, -0.15) is 0 Å². The predicted octanol–water partition coefficient (Wildman–Crippen LogP) is 3.13. The first-order chi connectivity index (χ1) is 14.7. The maximum Gasteiger partial charge on any atom is 0.166 e. The Morgan fingerprint density at radius 1 is 1.10 bits per heavy atom. The molecule has 1 aliphatic rings. The van der Waals surface area contributed by atoms with Crippen molar-refractivity contribution in [3.05, 3.63) is 54.1 Å². The molecular formula is C24H35N3O3. The molecule has 1 aromatic heterocycles. The van der Waals surface area contributed by atoms with Gasteiger partial charge in [0.1, 0.15) is 12.4 Å². The molecule has 0 amide bonds. The largest absolute Gasteiger partial charge is 0.486 e. The van der Waals surface area contributed by atoms with Crippen molar-refractivity contribution in [3.8, 4) is 5.75 Å². The Morgan fingerprint density at radius 2 is 1.93 bits per heavy atom. The summed E-state index contributed by atoms with van der Waals surface area (Å²) in [6.07, 6.45) is 7.52. The first-order valence-corrected chi connectivity index (χ1v) is 11.2. The van der Waals surface area contributed by atoms with Crippen molar-refractivity contribution in [1.82, 2.24) is 15.3 Å². The Labute approximate surface area is 179 Å². The van der Waals surface area contributed by atoms with Gasteiger partial charge >= 0.3 is 0 Å². The van der Waals surface area contributed by atoms with E-state index in [4.69, 9.17) is 4.74 Å². The lowest BCUT2D eigenvalue weighted by molar-refractivity contribution is 0.0716. The molecule has 3 N–H and O–H groups in total. The van der Waals surface area contributed by atoms with Gasteiger partial charge in [0.2, 0.25) is 0 Å². The van der Waals surface area contributed by atoms with E-state index in [1.165, 1.54) is 19.3 Å². The van der Waals surface area contributed by atoms with Gasteiger partial charge in [-0.25, -0.2) is 9.97 Å². The highest BCUT2D eigenvalue weighted by Gasteiger charge is 2.41. The average molecular weight is 414 g/mol. The summed E-state index contributed by atoms with van der Waals surface area (Å²) in [5.41, 5.74) is 0.923. The molecule has 0 saturated heterocycles. The van der Waals surface area contributed by atoms with Crippen LogP contribution in [0.5, 0.6) is 5.75 Å². The SMILES string of the molecule is CCCCCCNC1CC(O)C(CO)C1Cc1ccnc(COc2ccccc2)n1. The Bertz CT molecular complexity index is 743. The predicted molar refractivity (Wildman–Crippen MR) is 117 cm³/mol. The topological polar surface area (TPSA) is 87.5 Å². The lowest BCUT2D eigenvalue weighted by Crippen LogP contribution is -2.37. The van der Waals surface area contributed by atoms with Gasteiger partial charge in [0.25, 0.3) is 0 Å². The normalized spacial score (nSPS) is 23.6. The molecule has 6 heteroatoms. The van der Waals surface area contributed by atoms with Crippen LogP contribution in [0.25, 0.3) is 0 Å². The van der Waals surface area contributed by atoms with Crippen LogP contribution in [0, 0.1) is 11.8 Å². The zero-order valence-corrected chi connectivity index (χ0v) is 17.9. The fourth-order valence-corrected chi connectivity index (χ4v) is 4.35. The lowest BCUT2D eigenvalue weighted by atomic mass is 9.88. The van der Waals surface area contributed by atoms with Crippen LogP contribution in [0.1, 0.15) is 50.5 Å². The molecule has 0 aliphatic heterocycles. The number of ether oxygens (including phenoxy) is 1. The van der Waals surface area contributed by atoms with Crippen LogP contribution in [0.3, 0.4) is 0 Å². The molecule has 1 saturated carbocycles. The van der Waals surface area contributed by atoms with E-state index in [9.17, 15) is 10.2 Å². The molecule has 1 heterocycles. The zero-order valence-electron chi connectivity index (χ0n) is 17.9. The Morgan fingerprint density at radius 3 is 2.70 bits per heavy atom. The summed E-state index contributed by atoms with van der Waals surface area (Å²) in [5, 5.41) is 24.0. The lowest BCUT2D eigenvalue weighted by Gasteiger charge is -2.25. The summed E-state index contributed by atoms with van der Waals surface area (Å²) in [6, 6.07) is 11.7. The molecule has 0 bridgehead atoms. The van der Waals surface area contributed by atoms with Crippen LogP contribution in [0.15, 0.2) is 42.6 Å². The number of hydrogen-bond donors (Lipinski definition) is 3. The van der Waals surface area contributed by atoms with Crippen molar-refractivity contribution < 1.29 is 14.9 Å². The quantitative estimate of drug-likeness (QED) is 0.464. The third-order valence-electron chi connectivity index (χ3n) is 6.02. The number of hydrogen-bond acceptors (Lipinski definition) is 6.